The fourth-order valence-electron chi connectivity index (χ4n) is 2.59. The van der Waals surface area contributed by atoms with Gasteiger partial charge in [0.2, 0.25) is 5.91 Å². The van der Waals surface area contributed by atoms with Gasteiger partial charge < -0.3 is 16.0 Å². The lowest BCUT2D eigenvalue weighted by molar-refractivity contribution is -0.116. The van der Waals surface area contributed by atoms with Crippen LogP contribution in [-0.4, -0.2) is 31.5 Å². The smallest absolute Gasteiger partial charge is 0.225 e. The van der Waals surface area contributed by atoms with Crippen LogP contribution in [0, 0.1) is 0 Å². The molecule has 1 atom stereocenters. The Kier molecular flexibility index (Phi) is 8.98. The second kappa shape index (κ2) is 10.5. The van der Waals surface area contributed by atoms with Crippen LogP contribution in [0.25, 0.3) is 0 Å². The number of hydrogen-bond donors (Lipinski definition) is 3. The van der Waals surface area contributed by atoms with Crippen LogP contribution in [0.5, 0.6) is 0 Å². The van der Waals surface area contributed by atoms with Crippen molar-refractivity contribution in [3.05, 3.63) is 29.8 Å². The number of para-hydroxylation sites is 1. The number of rotatable bonds is 6. The van der Waals surface area contributed by atoms with Crippen molar-refractivity contribution in [3.8, 4) is 0 Å². The van der Waals surface area contributed by atoms with E-state index in [2.05, 4.69) is 40.9 Å². The number of nitrogens with one attached hydrogen (secondary N) is 3. The third-order valence-electron chi connectivity index (χ3n) is 3.74. The quantitative estimate of drug-likeness (QED) is 0.281. The number of benzene rings is 1. The zero-order valence-corrected chi connectivity index (χ0v) is 16.2. The van der Waals surface area contributed by atoms with E-state index < -0.39 is 0 Å². The van der Waals surface area contributed by atoms with E-state index in [1.54, 1.807) is 0 Å². The Labute approximate surface area is 155 Å². The average Bonchev–Trinajstić information content (AvgIpc) is 2.52. The number of halogens is 1. The molecule has 128 valence electrons. The van der Waals surface area contributed by atoms with Crippen molar-refractivity contribution in [1.29, 1.82) is 0 Å². The van der Waals surface area contributed by atoms with E-state index in [-0.39, 0.29) is 35.8 Å². The molecule has 0 bridgehead atoms. The molecule has 1 aliphatic rings. The van der Waals surface area contributed by atoms with Crippen molar-refractivity contribution in [3.63, 3.8) is 0 Å². The average molecular weight is 430 g/mol. The molecule has 0 saturated heterocycles. The summed E-state index contributed by atoms with van der Waals surface area (Å²) in [6.45, 7) is 6.60. The molecule has 0 aromatic heterocycles. The first-order valence-electron chi connectivity index (χ1n) is 8.15. The Balaban J connectivity index is 0.00000264. The van der Waals surface area contributed by atoms with Crippen LogP contribution in [0.2, 0.25) is 0 Å². The first kappa shape index (κ1) is 19.7. The minimum Gasteiger partial charge on any atom is -0.357 e. The number of nitrogens with zero attached hydrogens (tertiary/aromatic N) is 1. The molecule has 0 radical (unpaired) electrons. The summed E-state index contributed by atoms with van der Waals surface area (Å²) >= 11 is 0. The Morgan fingerprint density at radius 3 is 2.83 bits per heavy atom. The summed E-state index contributed by atoms with van der Waals surface area (Å²) in [4.78, 5) is 16.5. The van der Waals surface area contributed by atoms with E-state index in [1.807, 2.05) is 18.2 Å². The maximum atomic E-state index is 11.8. The zero-order valence-electron chi connectivity index (χ0n) is 13.9. The van der Waals surface area contributed by atoms with Gasteiger partial charge in [-0.25, -0.2) is 0 Å². The summed E-state index contributed by atoms with van der Waals surface area (Å²) in [6, 6.07) is 7.99. The van der Waals surface area contributed by atoms with Gasteiger partial charge in [-0.05, 0) is 25.0 Å². The van der Waals surface area contributed by atoms with Gasteiger partial charge >= 0.3 is 0 Å². The van der Waals surface area contributed by atoms with Crippen molar-refractivity contribution < 1.29 is 4.79 Å². The molecule has 1 unspecified atom stereocenters. The van der Waals surface area contributed by atoms with Gasteiger partial charge in [-0.3, -0.25) is 9.79 Å². The summed E-state index contributed by atoms with van der Waals surface area (Å²) in [7, 11) is 0. The van der Waals surface area contributed by atoms with Crippen LogP contribution >= 0.6 is 24.0 Å². The number of anilines is 1. The normalized spacial score (nSPS) is 16.9. The summed E-state index contributed by atoms with van der Waals surface area (Å²) in [5.41, 5.74) is 2.10. The van der Waals surface area contributed by atoms with E-state index in [0.29, 0.717) is 13.0 Å². The van der Waals surface area contributed by atoms with E-state index in [4.69, 9.17) is 0 Å². The Morgan fingerprint density at radius 1 is 1.30 bits per heavy atom. The molecule has 1 amide bonds. The number of fused-ring (bicyclic) bond motifs is 1. The molecule has 1 aromatic rings. The lowest BCUT2D eigenvalue weighted by Gasteiger charge is -2.24. The van der Waals surface area contributed by atoms with E-state index in [1.165, 1.54) is 5.56 Å². The van der Waals surface area contributed by atoms with Gasteiger partial charge in [-0.2, -0.15) is 0 Å². The molecule has 1 heterocycles. The van der Waals surface area contributed by atoms with Crippen molar-refractivity contribution >= 4 is 41.5 Å². The van der Waals surface area contributed by atoms with Crippen LogP contribution < -0.4 is 16.0 Å². The predicted molar refractivity (Wildman–Crippen MR) is 107 cm³/mol. The monoisotopic (exact) mass is 430 g/mol. The molecule has 6 heteroatoms. The highest BCUT2D eigenvalue weighted by Crippen LogP contribution is 2.31. The second-order valence-corrected chi connectivity index (χ2v) is 5.54. The fraction of sp³-hybridized carbons (Fsp3) is 0.529. The largest absolute Gasteiger partial charge is 0.357 e. The number of carbonyl (C=O) groups excluding carboxylic acids is 1. The van der Waals surface area contributed by atoms with Crippen LogP contribution in [0.4, 0.5) is 5.69 Å². The third-order valence-corrected chi connectivity index (χ3v) is 3.74. The summed E-state index contributed by atoms with van der Waals surface area (Å²) in [6.07, 6.45) is 2.77. The molecule has 1 aliphatic heterocycles. The molecule has 5 nitrogen and oxygen atoms in total. The Bertz CT molecular complexity index is 533. The first-order chi connectivity index (χ1) is 10.7. The van der Waals surface area contributed by atoms with Crippen molar-refractivity contribution in [2.45, 2.75) is 39.0 Å². The summed E-state index contributed by atoms with van der Waals surface area (Å²) in [5.74, 6) is 1.05. The van der Waals surface area contributed by atoms with Gasteiger partial charge in [0.05, 0.1) is 6.54 Å². The highest BCUT2D eigenvalue weighted by Gasteiger charge is 2.24. The molecular formula is C17H27IN4O. The maximum absolute atomic E-state index is 11.8. The lowest BCUT2D eigenvalue weighted by Crippen LogP contribution is -2.38. The van der Waals surface area contributed by atoms with E-state index >= 15 is 0 Å². The predicted octanol–water partition coefficient (Wildman–Crippen LogP) is 3.09. The number of amides is 1. The highest BCUT2D eigenvalue weighted by molar-refractivity contribution is 14.0. The lowest BCUT2D eigenvalue weighted by atomic mass is 9.91. The van der Waals surface area contributed by atoms with Gasteiger partial charge in [0.15, 0.2) is 5.96 Å². The highest BCUT2D eigenvalue weighted by atomic mass is 127. The second-order valence-electron chi connectivity index (χ2n) is 5.54. The number of hydrogen-bond acceptors (Lipinski definition) is 2. The molecule has 23 heavy (non-hydrogen) atoms. The number of unbranched alkanes of at least 4 members (excludes halogenated alkanes) is 1. The topological polar surface area (TPSA) is 65.5 Å². The van der Waals surface area contributed by atoms with Crippen molar-refractivity contribution in [1.82, 2.24) is 10.6 Å². The third kappa shape index (κ3) is 6.01. The number of carbonyl (C=O) groups is 1. The molecule has 2 rings (SSSR count). The van der Waals surface area contributed by atoms with Crippen LogP contribution in [-0.2, 0) is 4.79 Å². The number of guanidine groups is 1. The summed E-state index contributed by atoms with van der Waals surface area (Å²) in [5, 5.41) is 9.52. The van der Waals surface area contributed by atoms with Gasteiger partial charge in [0.1, 0.15) is 0 Å². The zero-order chi connectivity index (χ0) is 15.8. The molecule has 0 fully saturated rings. The van der Waals surface area contributed by atoms with E-state index in [0.717, 1.165) is 37.6 Å². The maximum Gasteiger partial charge on any atom is 0.225 e. The van der Waals surface area contributed by atoms with Gasteiger partial charge in [0, 0.05) is 31.1 Å². The first-order valence-corrected chi connectivity index (χ1v) is 8.15. The minimum atomic E-state index is 0. The standard InChI is InChI=1S/C17H26N4O.HI/c1-3-5-10-19-17(18-4-2)20-12-13-11-16(22)21-15-9-7-6-8-14(13)15;/h6-9,13H,3-5,10-12H2,1-2H3,(H,21,22)(H2,18,19,20);1H. The molecule has 0 aliphatic carbocycles. The molecule has 0 spiro atoms. The fourth-order valence-corrected chi connectivity index (χ4v) is 2.59. The Hall–Kier alpha value is -1.31. The minimum absolute atomic E-state index is 0. The number of aliphatic imine (C=N–C) groups is 1. The van der Waals surface area contributed by atoms with Crippen LogP contribution in [0.15, 0.2) is 29.3 Å². The van der Waals surface area contributed by atoms with Crippen LogP contribution in [0.3, 0.4) is 0 Å². The Morgan fingerprint density at radius 2 is 2.09 bits per heavy atom. The molecule has 0 saturated carbocycles. The van der Waals surface area contributed by atoms with Gasteiger partial charge in [-0.15, -0.1) is 24.0 Å². The summed E-state index contributed by atoms with van der Waals surface area (Å²) < 4.78 is 0. The van der Waals surface area contributed by atoms with Crippen LogP contribution in [0.1, 0.15) is 44.6 Å². The van der Waals surface area contributed by atoms with Crippen molar-refractivity contribution in [2.24, 2.45) is 4.99 Å². The van der Waals surface area contributed by atoms with Crippen molar-refractivity contribution in [2.75, 3.05) is 25.0 Å². The van der Waals surface area contributed by atoms with Gasteiger partial charge in [0.25, 0.3) is 0 Å². The molecule has 3 N–H and O–H groups in total. The van der Waals surface area contributed by atoms with E-state index in [9.17, 15) is 4.79 Å². The van der Waals surface area contributed by atoms with Gasteiger partial charge in [-0.1, -0.05) is 31.5 Å². The molecule has 1 aromatic carbocycles. The molecular weight excluding hydrogens is 403 g/mol. The SMILES string of the molecule is CCCCNC(=NCC1CC(=O)Nc2ccccc21)NCC.I.